The van der Waals surface area contributed by atoms with Gasteiger partial charge in [-0.2, -0.15) is 4.31 Å². The molecule has 0 aromatic heterocycles. The summed E-state index contributed by atoms with van der Waals surface area (Å²) >= 11 is 3.42. The first kappa shape index (κ1) is 15.0. The number of sulfonamides is 1. The summed E-state index contributed by atoms with van der Waals surface area (Å²) in [5.74, 6) is 0.623. The Morgan fingerprint density at radius 2 is 1.74 bits per heavy atom. The molecular formula is C14H20BrNO2S. The van der Waals surface area contributed by atoms with Crippen LogP contribution in [0.1, 0.15) is 30.9 Å². The zero-order valence-corrected chi connectivity index (χ0v) is 14.0. The molecule has 1 heterocycles. The third-order valence-electron chi connectivity index (χ3n) is 3.82. The highest BCUT2D eigenvalue weighted by molar-refractivity contribution is 9.10. The lowest BCUT2D eigenvalue weighted by molar-refractivity contribution is 0.288. The van der Waals surface area contributed by atoms with Crippen LogP contribution >= 0.6 is 15.9 Å². The largest absolute Gasteiger partial charge is 0.243 e. The van der Waals surface area contributed by atoms with E-state index in [9.17, 15) is 8.42 Å². The summed E-state index contributed by atoms with van der Waals surface area (Å²) in [4.78, 5) is 0.430. The lowest BCUT2D eigenvalue weighted by Crippen LogP contribution is -2.38. The van der Waals surface area contributed by atoms with E-state index in [2.05, 4.69) is 22.9 Å². The molecule has 2 rings (SSSR count). The first-order valence-electron chi connectivity index (χ1n) is 6.59. The average Bonchev–Trinajstić information content (AvgIpc) is 2.34. The number of benzene rings is 1. The van der Waals surface area contributed by atoms with Crippen LogP contribution in [-0.2, 0) is 10.0 Å². The van der Waals surface area contributed by atoms with Crippen molar-refractivity contribution < 1.29 is 8.42 Å². The molecule has 19 heavy (non-hydrogen) atoms. The van der Waals surface area contributed by atoms with E-state index in [1.165, 1.54) is 0 Å². The Morgan fingerprint density at radius 1 is 1.16 bits per heavy atom. The van der Waals surface area contributed by atoms with Crippen LogP contribution in [0, 0.1) is 19.8 Å². The first-order valence-corrected chi connectivity index (χ1v) is 8.82. The van der Waals surface area contributed by atoms with Gasteiger partial charge in [0.25, 0.3) is 0 Å². The van der Waals surface area contributed by atoms with Crippen LogP contribution in [0.15, 0.2) is 21.5 Å². The van der Waals surface area contributed by atoms with E-state index in [-0.39, 0.29) is 0 Å². The third-order valence-corrected chi connectivity index (χ3v) is 6.71. The number of piperidine rings is 1. The van der Waals surface area contributed by atoms with E-state index < -0.39 is 10.0 Å². The van der Waals surface area contributed by atoms with Crippen molar-refractivity contribution in [1.82, 2.24) is 4.31 Å². The quantitative estimate of drug-likeness (QED) is 0.822. The van der Waals surface area contributed by atoms with Gasteiger partial charge in [0.2, 0.25) is 10.0 Å². The van der Waals surface area contributed by atoms with E-state index in [0.717, 1.165) is 28.4 Å². The highest BCUT2D eigenvalue weighted by Crippen LogP contribution is 2.29. The Labute approximate surface area is 124 Å². The fourth-order valence-electron chi connectivity index (χ4n) is 2.45. The molecular weight excluding hydrogens is 326 g/mol. The summed E-state index contributed by atoms with van der Waals surface area (Å²) in [7, 11) is -3.35. The van der Waals surface area contributed by atoms with E-state index in [4.69, 9.17) is 0 Å². The third kappa shape index (κ3) is 3.03. The van der Waals surface area contributed by atoms with Gasteiger partial charge in [-0.05, 0) is 49.8 Å². The minimum Gasteiger partial charge on any atom is -0.207 e. The van der Waals surface area contributed by atoms with Crippen LogP contribution in [0.25, 0.3) is 0 Å². The molecule has 0 amide bonds. The summed E-state index contributed by atoms with van der Waals surface area (Å²) in [6.07, 6.45) is 1.90. The second kappa shape index (κ2) is 5.54. The Balaban J connectivity index is 2.37. The minimum atomic E-state index is -3.35. The molecule has 1 aliphatic rings. The molecule has 0 aliphatic carbocycles. The molecule has 0 unspecified atom stereocenters. The van der Waals surface area contributed by atoms with Crippen LogP contribution in [0.4, 0.5) is 0 Å². The zero-order chi connectivity index (χ0) is 14.2. The van der Waals surface area contributed by atoms with Crippen LogP contribution in [0.5, 0.6) is 0 Å². The van der Waals surface area contributed by atoms with E-state index >= 15 is 0 Å². The van der Waals surface area contributed by atoms with Crippen molar-refractivity contribution in [1.29, 1.82) is 0 Å². The molecule has 1 aromatic carbocycles. The highest BCUT2D eigenvalue weighted by atomic mass is 79.9. The summed E-state index contributed by atoms with van der Waals surface area (Å²) in [6.45, 7) is 7.27. The lowest BCUT2D eigenvalue weighted by Gasteiger charge is -2.30. The average molecular weight is 346 g/mol. The fourth-order valence-corrected chi connectivity index (χ4v) is 4.65. The number of aryl methyl sites for hydroxylation is 2. The molecule has 1 fully saturated rings. The van der Waals surface area contributed by atoms with Gasteiger partial charge in [0.05, 0.1) is 4.90 Å². The highest BCUT2D eigenvalue weighted by Gasteiger charge is 2.29. The molecule has 0 bridgehead atoms. The van der Waals surface area contributed by atoms with Crippen molar-refractivity contribution in [3.05, 3.63) is 27.7 Å². The second-order valence-electron chi connectivity index (χ2n) is 5.45. The molecule has 1 aromatic rings. The lowest BCUT2D eigenvalue weighted by atomic mass is 10.0. The molecule has 5 heteroatoms. The smallest absolute Gasteiger partial charge is 0.207 e. The van der Waals surface area contributed by atoms with Crippen molar-refractivity contribution in [2.45, 2.75) is 38.5 Å². The maximum atomic E-state index is 12.7. The van der Waals surface area contributed by atoms with Crippen molar-refractivity contribution in [2.75, 3.05) is 13.1 Å². The normalized spacial score (nSPS) is 18.7. The van der Waals surface area contributed by atoms with Crippen LogP contribution < -0.4 is 0 Å². The monoisotopic (exact) mass is 345 g/mol. The van der Waals surface area contributed by atoms with E-state index in [1.54, 1.807) is 10.4 Å². The summed E-state index contributed by atoms with van der Waals surface area (Å²) < 4.78 is 27.8. The van der Waals surface area contributed by atoms with Gasteiger partial charge in [-0.1, -0.05) is 28.9 Å². The molecule has 0 radical (unpaired) electrons. The van der Waals surface area contributed by atoms with Gasteiger partial charge in [0, 0.05) is 17.6 Å². The van der Waals surface area contributed by atoms with Crippen LogP contribution in [0.3, 0.4) is 0 Å². The summed E-state index contributed by atoms with van der Waals surface area (Å²) in [5.41, 5.74) is 1.88. The predicted molar refractivity (Wildman–Crippen MR) is 80.8 cm³/mol. The molecule has 106 valence electrons. The predicted octanol–water partition coefficient (Wildman–Crippen LogP) is 3.49. The van der Waals surface area contributed by atoms with Crippen LogP contribution in [-0.4, -0.2) is 25.8 Å². The number of nitrogens with zero attached hydrogens (tertiary/aromatic N) is 1. The minimum absolute atomic E-state index is 0.430. The van der Waals surface area contributed by atoms with Crippen molar-refractivity contribution in [3.63, 3.8) is 0 Å². The fraction of sp³-hybridized carbons (Fsp3) is 0.571. The van der Waals surface area contributed by atoms with E-state index in [0.29, 0.717) is 23.9 Å². The molecule has 1 aliphatic heterocycles. The van der Waals surface area contributed by atoms with Gasteiger partial charge in [-0.25, -0.2) is 8.42 Å². The van der Waals surface area contributed by atoms with Gasteiger partial charge < -0.3 is 0 Å². The van der Waals surface area contributed by atoms with Gasteiger partial charge in [0.1, 0.15) is 0 Å². The van der Waals surface area contributed by atoms with Crippen molar-refractivity contribution in [3.8, 4) is 0 Å². The number of halogens is 1. The summed E-state index contributed by atoms with van der Waals surface area (Å²) in [5, 5.41) is 0. The Bertz CT molecular complexity index is 575. The van der Waals surface area contributed by atoms with Crippen molar-refractivity contribution >= 4 is 26.0 Å². The number of rotatable bonds is 2. The molecule has 1 saturated heterocycles. The second-order valence-corrected chi connectivity index (χ2v) is 8.21. The maximum Gasteiger partial charge on any atom is 0.243 e. The standard InChI is InChI=1S/C14H20BrNO2S/c1-10-4-6-16(7-5-10)19(17,18)14-9-13(15)11(2)8-12(14)3/h8-10H,4-7H2,1-3H3. The van der Waals surface area contributed by atoms with Crippen LogP contribution in [0.2, 0.25) is 0 Å². The Morgan fingerprint density at radius 3 is 2.32 bits per heavy atom. The zero-order valence-electron chi connectivity index (χ0n) is 11.6. The molecule has 0 saturated carbocycles. The Kier molecular flexibility index (Phi) is 4.38. The van der Waals surface area contributed by atoms with E-state index in [1.807, 2.05) is 19.9 Å². The molecule has 0 spiro atoms. The van der Waals surface area contributed by atoms with Gasteiger partial charge in [-0.15, -0.1) is 0 Å². The van der Waals surface area contributed by atoms with Crippen molar-refractivity contribution in [2.24, 2.45) is 5.92 Å². The molecule has 3 nitrogen and oxygen atoms in total. The molecule has 0 atom stereocenters. The van der Waals surface area contributed by atoms with Gasteiger partial charge in [-0.3, -0.25) is 0 Å². The molecule has 0 N–H and O–H groups in total. The maximum absolute atomic E-state index is 12.7. The topological polar surface area (TPSA) is 37.4 Å². The summed E-state index contributed by atoms with van der Waals surface area (Å²) in [6, 6.07) is 3.65. The Hall–Kier alpha value is -0.390. The first-order chi connectivity index (χ1) is 8.82. The SMILES string of the molecule is Cc1cc(C)c(S(=O)(=O)N2CCC(C)CC2)cc1Br. The number of hydrogen-bond donors (Lipinski definition) is 0. The van der Waals surface area contributed by atoms with Gasteiger partial charge >= 0.3 is 0 Å². The van der Waals surface area contributed by atoms with Gasteiger partial charge in [0.15, 0.2) is 0 Å². The number of hydrogen-bond acceptors (Lipinski definition) is 2.